The average Bonchev–Trinajstić information content (AvgIpc) is 2.88. The zero-order valence-electron chi connectivity index (χ0n) is 14.9. The number of aromatic nitrogens is 1. The molecule has 0 spiro atoms. The lowest BCUT2D eigenvalue weighted by Crippen LogP contribution is -2.29. The van der Waals surface area contributed by atoms with E-state index in [0.717, 1.165) is 5.56 Å². The van der Waals surface area contributed by atoms with Gasteiger partial charge in [-0.1, -0.05) is 37.3 Å². The number of ether oxygens (including phenoxy) is 1. The van der Waals surface area contributed by atoms with Gasteiger partial charge in [-0.3, -0.25) is 0 Å². The number of esters is 1. The minimum absolute atomic E-state index is 0.00219. The van der Waals surface area contributed by atoms with Gasteiger partial charge in [0.05, 0.1) is 6.61 Å². The van der Waals surface area contributed by atoms with Gasteiger partial charge in [0.1, 0.15) is 10.5 Å². The van der Waals surface area contributed by atoms with Crippen LogP contribution in [0.3, 0.4) is 0 Å². The molecule has 2 N–H and O–H groups in total. The molecular formula is C18H24N2O4S. The van der Waals surface area contributed by atoms with Gasteiger partial charge in [0, 0.05) is 17.9 Å². The molecule has 25 heavy (non-hydrogen) atoms. The molecule has 0 aliphatic heterocycles. The van der Waals surface area contributed by atoms with Crippen LogP contribution in [0.15, 0.2) is 35.2 Å². The first kappa shape index (κ1) is 19.2. The number of rotatable bonds is 7. The first-order valence-corrected chi connectivity index (χ1v) is 9.67. The average molecular weight is 364 g/mol. The maximum atomic E-state index is 12.8. The van der Waals surface area contributed by atoms with Crippen molar-refractivity contribution in [1.82, 2.24) is 9.71 Å². The fraction of sp³-hybridized carbons (Fsp3) is 0.389. The second kappa shape index (κ2) is 7.84. The molecule has 0 aliphatic carbocycles. The fourth-order valence-corrected chi connectivity index (χ4v) is 4.32. The summed E-state index contributed by atoms with van der Waals surface area (Å²) in [5.74, 6) is -0.636. The zero-order valence-corrected chi connectivity index (χ0v) is 15.7. The van der Waals surface area contributed by atoms with Gasteiger partial charge in [-0.15, -0.1) is 0 Å². The molecule has 0 amide bonds. The predicted molar refractivity (Wildman–Crippen MR) is 96.3 cm³/mol. The number of hydrogen-bond acceptors (Lipinski definition) is 4. The lowest BCUT2D eigenvalue weighted by atomic mass is 10.0. The van der Waals surface area contributed by atoms with Crippen LogP contribution in [-0.4, -0.2) is 32.5 Å². The Bertz CT molecular complexity index is 841. The van der Waals surface area contributed by atoms with Gasteiger partial charge in [-0.05, 0) is 32.3 Å². The maximum absolute atomic E-state index is 12.8. The molecule has 0 radical (unpaired) electrons. The number of aromatic amines is 1. The quantitative estimate of drug-likeness (QED) is 0.740. The van der Waals surface area contributed by atoms with Crippen molar-refractivity contribution in [2.24, 2.45) is 0 Å². The summed E-state index contributed by atoms with van der Waals surface area (Å²) in [6.07, 6.45) is 0. The number of aryl methyl sites for hydroxylation is 2. The van der Waals surface area contributed by atoms with Crippen molar-refractivity contribution in [2.45, 2.75) is 38.5 Å². The van der Waals surface area contributed by atoms with E-state index in [2.05, 4.69) is 9.71 Å². The summed E-state index contributed by atoms with van der Waals surface area (Å²) in [6.45, 7) is 7.33. The van der Waals surface area contributed by atoms with E-state index < -0.39 is 16.0 Å². The predicted octanol–water partition coefficient (Wildman–Crippen LogP) is 2.89. The standard InChI is InChI=1S/C18H24N2O4S/c1-5-24-18(21)16-13(3)20-14(4)17(16)25(22,23)19-11-12(2)15-9-7-6-8-10-15/h6-10,12,19-20H,5,11H2,1-4H3/t12-/m1/s1. The molecule has 1 aromatic carbocycles. The first-order valence-electron chi connectivity index (χ1n) is 8.18. The summed E-state index contributed by atoms with van der Waals surface area (Å²) in [6, 6.07) is 9.65. The summed E-state index contributed by atoms with van der Waals surface area (Å²) in [4.78, 5) is 15.1. The van der Waals surface area contributed by atoms with Gasteiger partial charge >= 0.3 is 5.97 Å². The summed E-state index contributed by atoms with van der Waals surface area (Å²) in [5, 5.41) is 0. The molecule has 0 unspecified atom stereocenters. The molecule has 1 aromatic heterocycles. The highest BCUT2D eigenvalue weighted by Gasteiger charge is 2.30. The van der Waals surface area contributed by atoms with Crippen molar-refractivity contribution in [2.75, 3.05) is 13.2 Å². The zero-order chi connectivity index (χ0) is 18.6. The van der Waals surface area contributed by atoms with Crippen LogP contribution in [0.1, 0.15) is 47.1 Å². The van der Waals surface area contributed by atoms with E-state index in [1.54, 1.807) is 20.8 Å². The molecule has 0 fully saturated rings. The summed E-state index contributed by atoms with van der Waals surface area (Å²) in [7, 11) is -3.85. The molecule has 2 aromatic rings. The molecule has 0 saturated carbocycles. The van der Waals surface area contributed by atoms with E-state index in [-0.39, 0.29) is 29.5 Å². The molecule has 6 nitrogen and oxygen atoms in total. The highest BCUT2D eigenvalue weighted by Crippen LogP contribution is 2.25. The van der Waals surface area contributed by atoms with E-state index in [9.17, 15) is 13.2 Å². The largest absolute Gasteiger partial charge is 0.462 e. The second-order valence-electron chi connectivity index (χ2n) is 5.96. The van der Waals surface area contributed by atoms with Gasteiger partial charge in [0.2, 0.25) is 10.0 Å². The lowest BCUT2D eigenvalue weighted by molar-refractivity contribution is 0.0521. The number of hydrogen-bond donors (Lipinski definition) is 2. The van der Waals surface area contributed by atoms with Crippen LogP contribution in [-0.2, 0) is 14.8 Å². The number of sulfonamides is 1. The Morgan fingerprint density at radius 1 is 1.20 bits per heavy atom. The molecular weight excluding hydrogens is 340 g/mol. The second-order valence-corrected chi connectivity index (χ2v) is 7.67. The van der Waals surface area contributed by atoms with Crippen molar-refractivity contribution in [3.05, 3.63) is 52.8 Å². The van der Waals surface area contributed by atoms with E-state index in [4.69, 9.17) is 4.74 Å². The SMILES string of the molecule is CCOC(=O)c1c(C)[nH]c(C)c1S(=O)(=O)NC[C@@H](C)c1ccccc1. The monoisotopic (exact) mass is 364 g/mol. The van der Waals surface area contributed by atoms with Gasteiger partial charge < -0.3 is 9.72 Å². The third kappa shape index (κ3) is 4.29. The van der Waals surface area contributed by atoms with Crippen LogP contribution in [0.25, 0.3) is 0 Å². The van der Waals surface area contributed by atoms with Crippen LogP contribution in [0.5, 0.6) is 0 Å². The third-order valence-corrected chi connectivity index (χ3v) is 5.61. The van der Waals surface area contributed by atoms with Gasteiger partial charge in [-0.2, -0.15) is 0 Å². The Kier molecular flexibility index (Phi) is 6.02. The first-order chi connectivity index (χ1) is 11.8. The van der Waals surface area contributed by atoms with Crippen molar-refractivity contribution in [3.8, 4) is 0 Å². The van der Waals surface area contributed by atoms with Crippen LogP contribution in [0, 0.1) is 13.8 Å². The third-order valence-electron chi connectivity index (χ3n) is 4.01. The van der Waals surface area contributed by atoms with Crippen molar-refractivity contribution in [3.63, 3.8) is 0 Å². The van der Waals surface area contributed by atoms with Gasteiger partial charge in [0.15, 0.2) is 0 Å². The summed E-state index contributed by atoms with van der Waals surface area (Å²) < 4.78 is 33.2. The van der Waals surface area contributed by atoms with Crippen molar-refractivity contribution in [1.29, 1.82) is 0 Å². The molecule has 0 bridgehead atoms. The molecule has 1 heterocycles. The Morgan fingerprint density at radius 2 is 1.84 bits per heavy atom. The molecule has 2 rings (SSSR count). The fourth-order valence-electron chi connectivity index (χ4n) is 2.75. The topological polar surface area (TPSA) is 88.3 Å². The van der Waals surface area contributed by atoms with E-state index in [0.29, 0.717) is 11.4 Å². The number of benzene rings is 1. The van der Waals surface area contributed by atoms with Crippen LogP contribution in [0.2, 0.25) is 0 Å². The maximum Gasteiger partial charge on any atom is 0.341 e. The number of H-pyrrole nitrogens is 1. The van der Waals surface area contributed by atoms with Gasteiger partial charge in [0.25, 0.3) is 0 Å². The number of nitrogens with one attached hydrogen (secondary N) is 2. The minimum atomic E-state index is -3.85. The van der Waals surface area contributed by atoms with E-state index in [1.165, 1.54) is 0 Å². The summed E-state index contributed by atoms with van der Waals surface area (Å²) >= 11 is 0. The summed E-state index contributed by atoms with van der Waals surface area (Å²) in [5.41, 5.74) is 2.00. The van der Waals surface area contributed by atoms with Crippen molar-refractivity contribution < 1.29 is 17.9 Å². The Balaban J connectivity index is 2.26. The van der Waals surface area contributed by atoms with E-state index in [1.807, 2.05) is 37.3 Å². The number of carbonyl (C=O) groups is 1. The lowest BCUT2D eigenvalue weighted by Gasteiger charge is -2.14. The Labute approximate surface area is 148 Å². The van der Waals surface area contributed by atoms with E-state index >= 15 is 0 Å². The van der Waals surface area contributed by atoms with Crippen molar-refractivity contribution >= 4 is 16.0 Å². The highest BCUT2D eigenvalue weighted by atomic mass is 32.2. The smallest absolute Gasteiger partial charge is 0.341 e. The molecule has 0 aliphatic rings. The number of carbonyl (C=O) groups excluding carboxylic acids is 1. The van der Waals surface area contributed by atoms with Crippen LogP contribution in [0.4, 0.5) is 0 Å². The molecule has 136 valence electrons. The Hall–Kier alpha value is -2.12. The molecule has 0 saturated heterocycles. The van der Waals surface area contributed by atoms with Crippen LogP contribution < -0.4 is 4.72 Å². The normalized spacial score (nSPS) is 12.8. The minimum Gasteiger partial charge on any atom is -0.462 e. The Morgan fingerprint density at radius 3 is 2.44 bits per heavy atom. The molecule has 7 heteroatoms. The van der Waals surface area contributed by atoms with Crippen LogP contribution >= 0.6 is 0 Å². The van der Waals surface area contributed by atoms with Gasteiger partial charge in [-0.25, -0.2) is 17.9 Å². The molecule has 1 atom stereocenters. The highest BCUT2D eigenvalue weighted by molar-refractivity contribution is 7.89.